The van der Waals surface area contributed by atoms with Crippen LogP contribution in [0.1, 0.15) is 27.3 Å². The Kier molecular flexibility index (Phi) is 4.13. The van der Waals surface area contributed by atoms with Gasteiger partial charge in [0.2, 0.25) is 0 Å². The molecule has 0 radical (unpaired) electrons. The lowest BCUT2D eigenvalue weighted by molar-refractivity contribution is 0.0963. The smallest absolute Gasteiger partial charge is 0.251 e. The number of hydrogen-bond acceptors (Lipinski definition) is 2. The van der Waals surface area contributed by atoms with Crippen LogP contribution in [-0.2, 0) is 13.6 Å². The zero-order chi connectivity index (χ0) is 14.7. The minimum atomic E-state index is -0.0638. The molecule has 4 nitrogen and oxygen atoms in total. The van der Waals surface area contributed by atoms with Crippen molar-refractivity contribution in [3.63, 3.8) is 0 Å². The number of aryl methyl sites for hydroxylation is 1. The van der Waals surface area contributed by atoms with Gasteiger partial charge in [0.15, 0.2) is 0 Å². The van der Waals surface area contributed by atoms with Crippen molar-refractivity contribution in [3.05, 3.63) is 52.8 Å². The number of rotatable bonds is 4. The van der Waals surface area contributed by atoms with Crippen LogP contribution < -0.4 is 10.6 Å². The van der Waals surface area contributed by atoms with Crippen molar-refractivity contribution in [2.24, 2.45) is 7.05 Å². The summed E-state index contributed by atoms with van der Waals surface area (Å²) in [5, 5.41) is 5.99. The Labute approximate surface area is 119 Å². The van der Waals surface area contributed by atoms with E-state index in [1.54, 1.807) is 7.05 Å². The molecule has 0 atom stereocenters. The average molecular weight is 271 g/mol. The number of nitrogens with one attached hydrogen (secondary N) is 2. The van der Waals surface area contributed by atoms with E-state index in [1.165, 1.54) is 17.0 Å². The fourth-order valence-electron chi connectivity index (χ4n) is 2.19. The van der Waals surface area contributed by atoms with Gasteiger partial charge < -0.3 is 15.2 Å². The summed E-state index contributed by atoms with van der Waals surface area (Å²) >= 11 is 0. The third kappa shape index (κ3) is 2.85. The van der Waals surface area contributed by atoms with Gasteiger partial charge in [-0.2, -0.15) is 0 Å². The highest BCUT2D eigenvalue weighted by Crippen LogP contribution is 2.16. The molecule has 0 bridgehead atoms. The van der Waals surface area contributed by atoms with Crippen molar-refractivity contribution in [2.75, 3.05) is 12.4 Å². The van der Waals surface area contributed by atoms with E-state index < -0.39 is 0 Å². The molecular weight excluding hydrogens is 250 g/mol. The van der Waals surface area contributed by atoms with Crippen molar-refractivity contribution in [1.29, 1.82) is 0 Å². The first kappa shape index (κ1) is 14.2. The Balaban J connectivity index is 2.04. The van der Waals surface area contributed by atoms with E-state index in [1.807, 2.05) is 24.3 Å². The fraction of sp³-hybridized carbons (Fsp3) is 0.312. The summed E-state index contributed by atoms with van der Waals surface area (Å²) in [5.41, 5.74) is 5.51. The van der Waals surface area contributed by atoms with Gasteiger partial charge in [0.25, 0.3) is 5.91 Å². The molecular formula is C16H21N3O. The van der Waals surface area contributed by atoms with Crippen LogP contribution >= 0.6 is 0 Å². The second-order valence-corrected chi connectivity index (χ2v) is 4.97. The van der Waals surface area contributed by atoms with Gasteiger partial charge in [-0.05, 0) is 49.7 Å². The average Bonchev–Trinajstić information content (AvgIpc) is 2.72. The number of amides is 1. The molecule has 1 heterocycles. The van der Waals surface area contributed by atoms with Gasteiger partial charge in [0.05, 0.1) is 0 Å². The van der Waals surface area contributed by atoms with Crippen molar-refractivity contribution in [2.45, 2.75) is 20.4 Å². The van der Waals surface area contributed by atoms with E-state index in [2.05, 4.69) is 42.2 Å². The molecule has 0 aliphatic carbocycles. The summed E-state index contributed by atoms with van der Waals surface area (Å²) < 4.78 is 2.19. The Hall–Kier alpha value is -2.23. The quantitative estimate of drug-likeness (QED) is 0.898. The van der Waals surface area contributed by atoms with Crippen LogP contribution in [-0.4, -0.2) is 17.5 Å². The van der Waals surface area contributed by atoms with E-state index in [0.717, 1.165) is 12.2 Å². The van der Waals surface area contributed by atoms with Gasteiger partial charge in [-0.25, -0.2) is 0 Å². The highest BCUT2D eigenvalue weighted by atomic mass is 16.1. The first-order chi connectivity index (χ1) is 9.52. The van der Waals surface area contributed by atoms with Crippen LogP contribution in [0.4, 0.5) is 5.69 Å². The zero-order valence-corrected chi connectivity index (χ0v) is 12.4. The van der Waals surface area contributed by atoms with E-state index in [-0.39, 0.29) is 5.91 Å². The van der Waals surface area contributed by atoms with Crippen molar-refractivity contribution >= 4 is 11.6 Å². The minimum Gasteiger partial charge on any atom is -0.381 e. The van der Waals surface area contributed by atoms with Crippen LogP contribution in [0.15, 0.2) is 30.3 Å². The van der Waals surface area contributed by atoms with Crippen LogP contribution in [0.25, 0.3) is 0 Å². The van der Waals surface area contributed by atoms with Gasteiger partial charge >= 0.3 is 0 Å². The molecule has 1 aromatic heterocycles. The molecule has 0 saturated heterocycles. The Bertz CT molecular complexity index is 611. The molecule has 0 fully saturated rings. The van der Waals surface area contributed by atoms with Crippen molar-refractivity contribution < 1.29 is 4.79 Å². The molecule has 0 spiro atoms. The molecule has 0 aliphatic heterocycles. The number of anilines is 1. The van der Waals surface area contributed by atoms with Crippen LogP contribution in [0, 0.1) is 13.8 Å². The number of benzene rings is 1. The predicted molar refractivity (Wildman–Crippen MR) is 82.0 cm³/mol. The molecule has 0 unspecified atom stereocenters. The Morgan fingerprint density at radius 3 is 2.35 bits per heavy atom. The topological polar surface area (TPSA) is 46.1 Å². The highest BCUT2D eigenvalue weighted by Gasteiger charge is 2.06. The molecule has 1 aromatic carbocycles. The van der Waals surface area contributed by atoms with Crippen LogP contribution in [0.3, 0.4) is 0 Å². The normalized spacial score (nSPS) is 10.4. The van der Waals surface area contributed by atoms with E-state index in [4.69, 9.17) is 0 Å². The maximum atomic E-state index is 11.5. The SMILES string of the molecule is CNC(=O)c1ccc(NCc2cc(C)n(C)c2C)cc1. The maximum absolute atomic E-state index is 11.5. The first-order valence-electron chi connectivity index (χ1n) is 6.70. The van der Waals surface area contributed by atoms with Gasteiger partial charge in [-0.1, -0.05) is 0 Å². The van der Waals surface area contributed by atoms with Crippen molar-refractivity contribution in [3.8, 4) is 0 Å². The lowest BCUT2D eigenvalue weighted by atomic mass is 10.2. The van der Waals surface area contributed by atoms with Crippen LogP contribution in [0.2, 0.25) is 0 Å². The zero-order valence-electron chi connectivity index (χ0n) is 12.4. The summed E-state index contributed by atoms with van der Waals surface area (Å²) in [6, 6.07) is 9.70. The highest BCUT2D eigenvalue weighted by molar-refractivity contribution is 5.94. The largest absolute Gasteiger partial charge is 0.381 e. The second-order valence-electron chi connectivity index (χ2n) is 4.97. The van der Waals surface area contributed by atoms with E-state index in [0.29, 0.717) is 5.56 Å². The van der Waals surface area contributed by atoms with Crippen molar-refractivity contribution in [1.82, 2.24) is 9.88 Å². The number of hydrogen-bond donors (Lipinski definition) is 2. The number of carbonyl (C=O) groups is 1. The number of carbonyl (C=O) groups excluding carboxylic acids is 1. The minimum absolute atomic E-state index is 0.0638. The standard InChI is InChI=1S/C16H21N3O/c1-11-9-14(12(2)19(11)4)10-18-15-7-5-13(6-8-15)16(20)17-3/h5-9,18H,10H2,1-4H3,(H,17,20). The molecule has 0 saturated carbocycles. The molecule has 106 valence electrons. The molecule has 2 aromatic rings. The molecule has 4 heteroatoms. The lowest BCUT2D eigenvalue weighted by Crippen LogP contribution is -2.17. The van der Waals surface area contributed by atoms with Gasteiger partial charge in [0, 0.05) is 43.3 Å². The number of nitrogens with zero attached hydrogens (tertiary/aromatic N) is 1. The first-order valence-corrected chi connectivity index (χ1v) is 6.70. The van der Waals surface area contributed by atoms with Gasteiger partial charge in [-0.3, -0.25) is 4.79 Å². The second kappa shape index (κ2) is 5.82. The Morgan fingerprint density at radius 2 is 1.85 bits per heavy atom. The third-order valence-corrected chi connectivity index (χ3v) is 3.74. The molecule has 20 heavy (non-hydrogen) atoms. The monoisotopic (exact) mass is 271 g/mol. The summed E-state index contributed by atoms with van der Waals surface area (Å²) in [4.78, 5) is 11.5. The summed E-state index contributed by atoms with van der Waals surface area (Å²) in [6.07, 6.45) is 0. The maximum Gasteiger partial charge on any atom is 0.251 e. The molecule has 2 rings (SSSR count). The van der Waals surface area contributed by atoms with E-state index >= 15 is 0 Å². The Morgan fingerprint density at radius 1 is 1.20 bits per heavy atom. The van der Waals surface area contributed by atoms with Gasteiger partial charge in [0.1, 0.15) is 0 Å². The van der Waals surface area contributed by atoms with Gasteiger partial charge in [-0.15, -0.1) is 0 Å². The summed E-state index contributed by atoms with van der Waals surface area (Å²) in [7, 11) is 3.71. The summed E-state index contributed by atoms with van der Waals surface area (Å²) in [6.45, 7) is 5.01. The van der Waals surface area contributed by atoms with Crippen LogP contribution in [0.5, 0.6) is 0 Å². The lowest BCUT2D eigenvalue weighted by Gasteiger charge is -2.08. The predicted octanol–water partition coefficient (Wildman–Crippen LogP) is 2.61. The van der Waals surface area contributed by atoms with E-state index in [9.17, 15) is 4.79 Å². The molecule has 1 amide bonds. The summed E-state index contributed by atoms with van der Waals surface area (Å²) in [5.74, 6) is -0.0638. The number of aromatic nitrogens is 1. The molecule has 0 aliphatic rings. The fourth-order valence-corrected chi connectivity index (χ4v) is 2.19. The molecule has 2 N–H and O–H groups in total. The third-order valence-electron chi connectivity index (χ3n) is 3.74.